The third kappa shape index (κ3) is 3.98. The van der Waals surface area contributed by atoms with Crippen molar-refractivity contribution in [3.05, 3.63) is 48.2 Å². The van der Waals surface area contributed by atoms with Crippen LogP contribution in [0.2, 0.25) is 0 Å². The molecular formula is C24H23F3N4O3. The molecule has 0 saturated carbocycles. The maximum Gasteiger partial charge on any atom is 0.296 e. The molecule has 5 rings (SSSR count). The molecule has 1 saturated heterocycles. The molecule has 1 atom stereocenters. The first-order chi connectivity index (χ1) is 16.2. The summed E-state index contributed by atoms with van der Waals surface area (Å²) in [5.74, 6) is -3.24. The summed E-state index contributed by atoms with van der Waals surface area (Å²) in [4.78, 5) is 13.0. The average Bonchev–Trinajstić information content (AvgIpc) is 3.18. The fraction of sp³-hybridized carbons (Fsp3) is 0.333. The van der Waals surface area contributed by atoms with E-state index in [1.54, 1.807) is 30.1 Å². The number of aryl methyl sites for hydroxylation is 1. The summed E-state index contributed by atoms with van der Waals surface area (Å²) in [7, 11) is 3.10. The molecule has 178 valence electrons. The highest BCUT2D eigenvalue weighted by Gasteiger charge is 2.45. The molecule has 1 N–H and O–H groups in total. The molecule has 2 aromatic carbocycles. The predicted molar refractivity (Wildman–Crippen MR) is 121 cm³/mol. The number of H-pyrrole nitrogens is 1. The second-order valence-corrected chi connectivity index (χ2v) is 8.49. The van der Waals surface area contributed by atoms with E-state index >= 15 is 4.39 Å². The van der Waals surface area contributed by atoms with Crippen LogP contribution in [0.5, 0.6) is 23.1 Å². The van der Waals surface area contributed by atoms with Crippen LogP contribution >= 0.6 is 0 Å². The Labute approximate surface area is 193 Å². The van der Waals surface area contributed by atoms with Crippen molar-refractivity contribution in [2.75, 3.05) is 27.2 Å². The van der Waals surface area contributed by atoms with Gasteiger partial charge in [-0.15, -0.1) is 0 Å². The summed E-state index contributed by atoms with van der Waals surface area (Å²) in [6, 6.07) is 7.96. The Morgan fingerprint density at radius 1 is 1.15 bits per heavy atom. The molecule has 1 fully saturated rings. The van der Waals surface area contributed by atoms with E-state index in [-0.39, 0.29) is 29.2 Å². The second-order valence-electron chi connectivity index (χ2n) is 8.49. The van der Waals surface area contributed by atoms with Crippen LogP contribution in [-0.2, 0) is 0 Å². The number of halogens is 3. The number of hydrogen-bond donors (Lipinski definition) is 1. The SMILES string of the molecule is COc1cc(O[C@H]2CCN(C)CC2(F)F)c2c(Oc3ccc4[nH]c(C)cc4c3F)ncnc2c1. The molecule has 0 aliphatic carbocycles. The number of aromatic amines is 1. The number of methoxy groups -OCH3 is 1. The van der Waals surface area contributed by atoms with Crippen molar-refractivity contribution in [3.8, 4) is 23.1 Å². The number of nitrogens with zero attached hydrogens (tertiary/aromatic N) is 3. The van der Waals surface area contributed by atoms with Crippen molar-refractivity contribution in [2.45, 2.75) is 25.4 Å². The van der Waals surface area contributed by atoms with Gasteiger partial charge in [-0.25, -0.2) is 23.1 Å². The topological polar surface area (TPSA) is 72.5 Å². The van der Waals surface area contributed by atoms with Gasteiger partial charge in [0, 0.05) is 41.7 Å². The molecule has 1 aliphatic rings. The van der Waals surface area contributed by atoms with Crippen LogP contribution in [0.15, 0.2) is 36.7 Å². The second kappa shape index (κ2) is 8.35. The summed E-state index contributed by atoms with van der Waals surface area (Å²) in [6.07, 6.45) is 0.0228. The number of hydrogen-bond acceptors (Lipinski definition) is 6. The van der Waals surface area contributed by atoms with Gasteiger partial charge in [0.2, 0.25) is 5.88 Å². The highest BCUT2D eigenvalue weighted by atomic mass is 19.3. The summed E-state index contributed by atoms with van der Waals surface area (Å²) in [6.45, 7) is 1.87. The number of fused-ring (bicyclic) bond motifs is 2. The molecule has 1 aliphatic heterocycles. The number of nitrogens with one attached hydrogen (secondary N) is 1. The van der Waals surface area contributed by atoms with Gasteiger partial charge in [-0.1, -0.05) is 0 Å². The highest BCUT2D eigenvalue weighted by molar-refractivity contribution is 5.91. The Bertz CT molecular complexity index is 1370. The summed E-state index contributed by atoms with van der Waals surface area (Å²) >= 11 is 0. The van der Waals surface area contributed by atoms with E-state index in [1.807, 2.05) is 6.92 Å². The predicted octanol–water partition coefficient (Wildman–Crippen LogP) is 5.08. The van der Waals surface area contributed by atoms with E-state index in [9.17, 15) is 8.78 Å². The molecule has 4 aromatic rings. The molecular weight excluding hydrogens is 449 g/mol. The molecule has 0 unspecified atom stereocenters. The molecule has 0 radical (unpaired) electrons. The van der Waals surface area contributed by atoms with Gasteiger partial charge < -0.3 is 24.1 Å². The maximum absolute atomic E-state index is 15.2. The van der Waals surface area contributed by atoms with Crippen LogP contribution < -0.4 is 14.2 Å². The molecule has 2 aromatic heterocycles. The number of ether oxygens (including phenoxy) is 3. The monoisotopic (exact) mass is 472 g/mol. The number of alkyl halides is 2. The van der Waals surface area contributed by atoms with Crippen LogP contribution in [0.3, 0.4) is 0 Å². The third-order valence-electron chi connectivity index (χ3n) is 5.91. The average molecular weight is 472 g/mol. The van der Waals surface area contributed by atoms with Gasteiger partial charge in [0.25, 0.3) is 5.92 Å². The van der Waals surface area contributed by atoms with Crippen molar-refractivity contribution < 1.29 is 27.4 Å². The van der Waals surface area contributed by atoms with E-state index in [0.29, 0.717) is 28.7 Å². The van der Waals surface area contributed by atoms with E-state index in [2.05, 4.69) is 15.0 Å². The van der Waals surface area contributed by atoms with Crippen molar-refractivity contribution in [1.29, 1.82) is 0 Å². The van der Waals surface area contributed by atoms with Crippen LogP contribution in [0, 0.1) is 12.7 Å². The van der Waals surface area contributed by atoms with Gasteiger partial charge in [-0.3, -0.25) is 0 Å². The van der Waals surface area contributed by atoms with Gasteiger partial charge in [0.05, 0.1) is 19.2 Å². The number of likely N-dealkylation sites (tertiary alicyclic amines) is 1. The molecule has 0 bridgehead atoms. The Morgan fingerprint density at radius 3 is 2.74 bits per heavy atom. The van der Waals surface area contributed by atoms with Gasteiger partial charge in [-0.05, 0) is 32.2 Å². The van der Waals surface area contributed by atoms with Crippen molar-refractivity contribution in [3.63, 3.8) is 0 Å². The van der Waals surface area contributed by atoms with Crippen molar-refractivity contribution >= 4 is 21.8 Å². The minimum absolute atomic E-state index is 0.00981. The zero-order valence-corrected chi connectivity index (χ0v) is 18.9. The van der Waals surface area contributed by atoms with Crippen LogP contribution in [-0.4, -0.2) is 59.1 Å². The number of piperidine rings is 1. The number of rotatable bonds is 5. The fourth-order valence-corrected chi connectivity index (χ4v) is 4.25. The first-order valence-corrected chi connectivity index (χ1v) is 10.8. The number of aromatic nitrogens is 3. The lowest BCUT2D eigenvalue weighted by Gasteiger charge is -2.36. The van der Waals surface area contributed by atoms with Gasteiger partial charge in [0.15, 0.2) is 17.7 Å². The van der Waals surface area contributed by atoms with Gasteiger partial charge in [0.1, 0.15) is 23.2 Å². The Balaban J connectivity index is 1.59. The zero-order chi connectivity index (χ0) is 24.0. The van der Waals surface area contributed by atoms with Crippen molar-refractivity contribution in [1.82, 2.24) is 19.9 Å². The Kier molecular flexibility index (Phi) is 5.47. The van der Waals surface area contributed by atoms with Crippen LogP contribution in [0.25, 0.3) is 21.8 Å². The first kappa shape index (κ1) is 22.3. The molecule has 7 nitrogen and oxygen atoms in total. The molecule has 0 amide bonds. The fourth-order valence-electron chi connectivity index (χ4n) is 4.25. The van der Waals surface area contributed by atoms with Crippen LogP contribution in [0.1, 0.15) is 12.1 Å². The lowest BCUT2D eigenvalue weighted by Crippen LogP contribution is -2.52. The van der Waals surface area contributed by atoms with Crippen LogP contribution in [0.4, 0.5) is 13.2 Å². The number of benzene rings is 2. The highest BCUT2D eigenvalue weighted by Crippen LogP contribution is 2.41. The smallest absolute Gasteiger partial charge is 0.296 e. The normalized spacial score (nSPS) is 18.4. The Hall–Kier alpha value is -3.53. The van der Waals surface area contributed by atoms with E-state index < -0.39 is 24.4 Å². The molecule has 10 heteroatoms. The molecule has 3 heterocycles. The summed E-state index contributed by atoms with van der Waals surface area (Å²) < 4.78 is 61.6. The summed E-state index contributed by atoms with van der Waals surface area (Å²) in [5, 5.41) is 0.625. The third-order valence-corrected chi connectivity index (χ3v) is 5.91. The van der Waals surface area contributed by atoms with Gasteiger partial charge >= 0.3 is 0 Å². The quantitative estimate of drug-likeness (QED) is 0.437. The minimum Gasteiger partial charge on any atom is -0.497 e. The molecule has 34 heavy (non-hydrogen) atoms. The largest absolute Gasteiger partial charge is 0.497 e. The van der Waals surface area contributed by atoms with Crippen molar-refractivity contribution in [2.24, 2.45) is 0 Å². The minimum atomic E-state index is -3.07. The van der Waals surface area contributed by atoms with E-state index in [4.69, 9.17) is 14.2 Å². The van der Waals surface area contributed by atoms with E-state index in [0.717, 1.165) is 5.69 Å². The van der Waals surface area contributed by atoms with Gasteiger partial charge in [-0.2, -0.15) is 0 Å². The molecule has 0 spiro atoms. The first-order valence-electron chi connectivity index (χ1n) is 10.8. The standard InChI is InChI=1S/C24H23F3N4O3/c1-13-8-15-16(30-13)4-5-18(22(15)25)34-23-21-17(28-12-29-23)9-14(32-3)10-19(21)33-20-6-7-31(2)11-24(20,26)27/h4-5,8-10,12,20,30H,6-7,11H2,1-3H3/t20-/m0/s1. The summed E-state index contributed by atoms with van der Waals surface area (Å²) in [5.41, 5.74) is 1.79. The maximum atomic E-state index is 15.2. The lowest BCUT2D eigenvalue weighted by atomic mass is 10.0. The van der Waals surface area contributed by atoms with E-state index in [1.165, 1.54) is 25.6 Å². The lowest BCUT2D eigenvalue weighted by molar-refractivity contribution is -0.134. The zero-order valence-electron chi connectivity index (χ0n) is 18.9. The Morgan fingerprint density at radius 2 is 1.97 bits per heavy atom.